The number of para-hydroxylation sites is 1. The number of nitriles is 1. The van der Waals surface area contributed by atoms with Gasteiger partial charge in [-0.1, -0.05) is 18.2 Å². The number of benzene rings is 1. The number of anilines is 2. The molecule has 0 radical (unpaired) electrons. The molecule has 0 spiro atoms. The Kier molecular flexibility index (Phi) is 4.24. The minimum absolute atomic E-state index is 0.535. The number of pyridine rings is 1. The van der Waals surface area contributed by atoms with Crippen LogP contribution in [0.3, 0.4) is 0 Å². The molecule has 0 aliphatic carbocycles. The van der Waals surface area contributed by atoms with E-state index < -0.39 is 0 Å². The first-order valence-electron chi connectivity index (χ1n) is 7.67. The maximum atomic E-state index is 9.21. The van der Waals surface area contributed by atoms with Crippen molar-refractivity contribution in [3.8, 4) is 6.07 Å². The second-order valence-corrected chi connectivity index (χ2v) is 5.65. The van der Waals surface area contributed by atoms with Gasteiger partial charge in [0.2, 0.25) is 0 Å². The lowest BCUT2D eigenvalue weighted by Gasteiger charge is -2.38. The summed E-state index contributed by atoms with van der Waals surface area (Å²) in [5, 5.41) is 9.21. The van der Waals surface area contributed by atoms with E-state index in [4.69, 9.17) is 0 Å². The van der Waals surface area contributed by atoms with Crippen LogP contribution in [0.2, 0.25) is 0 Å². The van der Waals surface area contributed by atoms with Crippen LogP contribution in [-0.2, 0) is 0 Å². The monoisotopic (exact) mass is 292 g/mol. The molecule has 1 fully saturated rings. The maximum absolute atomic E-state index is 9.21. The summed E-state index contributed by atoms with van der Waals surface area (Å²) in [6.07, 6.45) is 3.91. The molecule has 1 aromatic heterocycles. The van der Waals surface area contributed by atoms with Crippen molar-refractivity contribution in [1.82, 2.24) is 4.98 Å². The molecule has 1 aromatic carbocycles. The maximum Gasteiger partial charge on any atom is 0.146 e. The highest BCUT2D eigenvalue weighted by molar-refractivity contribution is 5.54. The first kappa shape index (κ1) is 14.4. The van der Waals surface area contributed by atoms with Crippen molar-refractivity contribution in [2.24, 2.45) is 0 Å². The normalized spacial score (nSPS) is 15.4. The molecule has 1 aliphatic rings. The molecule has 4 nitrogen and oxygen atoms in total. The van der Waals surface area contributed by atoms with E-state index in [0.29, 0.717) is 11.6 Å². The third kappa shape index (κ3) is 2.89. The van der Waals surface area contributed by atoms with Crippen molar-refractivity contribution < 1.29 is 0 Å². The predicted molar refractivity (Wildman–Crippen MR) is 89.0 cm³/mol. The number of piperidine rings is 1. The number of aromatic nitrogens is 1. The van der Waals surface area contributed by atoms with Crippen LogP contribution < -0.4 is 9.80 Å². The molecule has 22 heavy (non-hydrogen) atoms. The van der Waals surface area contributed by atoms with Crippen molar-refractivity contribution in [2.75, 3.05) is 29.9 Å². The van der Waals surface area contributed by atoms with E-state index in [0.717, 1.165) is 31.7 Å². The Morgan fingerprint density at radius 3 is 2.55 bits per heavy atom. The van der Waals surface area contributed by atoms with Gasteiger partial charge in [0.15, 0.2) is 0 Å². The molecule has 3 rings (SSSR count). The van der Waals surface area contributed by atoms with Crippen LogP contribution in [0.4, 0.5) is 11.5 Å². The average Bonchev–Trinajstić information content (AvgIpc) is 2.62. The van der Waals surface area contributed by atoms with Crippen LogP contribution in [0, 0.1) is 11.3 Å². The van der Waals surface area contributed by atoms with E-state index in [1.165, 1.54) is 5.69 Å². The van der Waals surface area contributed by atoms with Crippen LogP contribution in [0.15, 0.2) is 48.7 Å². The van der Waals surface area contributed by atoms with Gasteiger partial charge in [0.1, 0.15) is 11.9 Å². The molecule has 0 N–H and O–H groups in total. The molecule has 2 aromatic rings. The second-order valence-electron chi connectivity index (χ2n) is 5.65. The van der Waals surface area contributed by atoms with Gasteiger partial charge in [-0.05, 0) is 37.1 Å². The van der Waals surface area contributed by atoms with Crippen LogP contribution >= 0.6 is 0 Å². The SMILES string of the molecule is CN(c1ccccc1)C1CCN(c2ncccc2C#N)CC1. The van der Waals surface area contributed by atoms with Gasteiger partial charge in [0.05, 0.1) is 5.56 Å². The van der Waals surface area contributed by atoms with E-state index in [1.807, 2.05) is 18.2 Å². The fourth-order valence-corrected chi connectivity index (χ4v) is 3.08. The van der Waals surface area contributed by atoms with E-state index in [1.54, 1.807) is 6.20 Å². The van der Waals surface area contributed by atoms with Gasteiger partial charge in [-0.15, -0.1) is 0 Å². The van der Waals surface area contributed by atoms with Crippen molar-refractivity contribution in [2.45, 2.75) is 18.9 Å². The lowest BCUT2D eigenvalue weighted by Crippen LogP contribution is -2.44. The van der Waals surface area contributed by atoms with E-state index in [2.05, 4.69) is 52.2 Å². The van der Waals surface area contributed by atoms with Gasteiger partial charge in [-0.3, -0.25) is 0 Å². The van der Waals surface area contributed by atoms with Crippen molar-refractivity contribution >= 4 is 11.5 Å². The standard InChI is InChI=1S/C18H20N4/c1-21(16-7-3-2-4-8-16)17-9-12-22(13-10-17)18-15(14-19)6-5-11-20-18/h2-8,11,17H,9-10,12-13H2,1H3. The molecule has 0 amide bonds. The third-order valence-corrected chi connectivity index (χ3v) is 4.38. The van der Waals surface area contributed by atoms with Gasteiger partial charge >= 0.3 is 0 Å². The summed E-state index contributed by atoms with van der Waals surface area (Å²) in [7, 11) is 2.16. The van der Waals surface area contributed by atoms with E-state index in [9.17, 15) is 5.26 Å². The largest absolute Gasteiger partial charge is 0.371 e. The zero-order valence-electron chi connectivity index (χ0n) is 12.8. The first-order valence-corrected chi connectivity index (χ1v) is 7.67. The van der Waals surface area contributed by atoms with Gasteiger partial charge in [0.25, 0.3) is 0 Å². The minimum Gasteiger partial charge on any atom is -0.371 e. The van der Waals surface area contributed by atoms with Crippen molar-refractivity contribution in [1.29, 1.82) is 5.26 Å². The molecular formula is C18H20N4. The lowest BCUT2D eigenvalue weighted by molar-refractivity contribution is 0.480. The summed E-state index contributed by atoms with van der Waals surface area (Å²) in [6, 6.07) is 16.9. The Morgan fingerprint density at radius 2 is 1.86 bits per heavy atom. The quantitative estimate of drug-likeness (QED) is 0.872. The second kappa shape index (κ2) is 6.48. The van der Waals surface area contributed by atoms with Gasteiger partial charge in [0, 0.05) is 38.1 Å². The Labute approximate surface area is 131 Å². The zero-order chi connectivity index (χ0) is 15.4. The number of nitrogens with zero attached hydrogens (tertiary/aromatic N) is 4. The Hall–Kier alpha value is -2.54. The summed E-state index contributed by atoms with van der Waals surface area (Å²) >= 11 is 0. The zero-order valence-corrected chi connectivity index (χ0v) is 12.8. The number of rotatable bonds is 3. The summed E-state index contributed by atoms with van der Waals surface area (Å²) in [6.45, 7) is 1.88. The molecular weight excluding hydrogens is 272 g/mol. The van der Waals surface area contributed by atoms with Gasteiger partial charge in [-0.2, -0.15) is 5.26 Å². The molecule has 1 aliphatic heterocycles. The van der Waals surface area contributed by atoms with Crippen LogP contribution in [0.25, 0.3) is 0 Å². The highest BCUT2D eigenvalue weighted by atomic mass is 15.2. The summed E-state index contributed by atoms with van der Waals surface area (Å²) in [5.74, 6) is 0.825. The summed E-state index contributed by atoms with van der Waals surface area (Å²) < 4.78 is 0. The molecule has 0 atom stereocenters. The smallest absolute Gasteiger partial charge is 0.146 e. The highest BCUT2D eigenvalue weighted by Crippen LogP contribution is 2.25. The topological polar surface area (TPSA) is 43.2 Å². The van der Waals surface area contributed by atoms with E-state index in [-0.39, 0.29) is 0 Å². The fourth-order valence-electron chi connectivity index (χ4n) is 3.08. The average molecular weight is 292 g/mol. The van der Waals surface area contributed by atoms with Crippen molar-refractivity contribution in [3.05, 3.63) is 54.2 Å². The Morgan fingerprint density at radius 1 is 1.14 bits per heavy atom. The molecule has 1 saturated heterocycles. The molecule has 4 heteroatoms. The fraction of sp³-hybridized carbons (Fsp3) is 0.333. The molecule has 0 unspecified atom stereocenters. The Balaban J connectivity index is 1.67. The van der Waals surface area contributed by atoms with Crippen LogP contribution in [0.1, 0.15) is 18.4 Å². The molecule has 0 bridgehead atoms. The molecule has 112 valence electrons. The van der Waals surface area contributed by atoms with E-state index >= 15 is 0 Å². The van der Waals surface area contributed by atoms with Gasteiger partial charge in [-0.25, -0.2) is 4.98 Å². The summed E-state index contributed by atoms with van der Waals surface area (Å²) in [5.41, 5.74) is 1.92. The summed E-state index contributed by atoms with van der Waals surface area (Å²) in [4.78, 5) is 8.98. The van der Waals surface area contributed by atoms with Gasteiger partial charge < -0.3 is 9.80 Å². The first-order chi connectivity index (χ1) is 10.8. The highest BCUT2D eigenvalue weighted by Gasteiger charge is 2.24. The van der Waals surface area contributed by atoms with Crippen LogP contribution in [-0.4, -0.2) is 31.2 Å². The Bertz CT molecular complexity index is 654. The van der Waals surface area contributed by atoms with Crippen LogP contribution in [0.5, 0.6) is 0 Å². The predicted octanol–water partition coefficient (Wildman–Crippen LogP) is 3.06. The molecule has 2 heterocycles. The third-order valence-electron chi connectivity index (χ3n) is 4.38. The minimum atomic E-state index is 0.535. The van der Waals surface area contributed by atoms with Crippen molar-refractivity contribution in [3.63, 3.8) is 0 Å². The number of hydrogen-bond acceptors (Lipinski definition) is 4. The number of hydrogen-bond donors (Lipinski definition) is 0. The molecule has 0 saturated carbocycles. The lowest BCUT2D eigenvalue weighted by atomic mass is 10.0.